The number of hydrogen-bond donors (Lipinski definition) is 3. The quantitative estimate of drug-likeness (QED) is 0.196. The predicted octanol–water partition coefficient (Wildman–Crippen LogP) is 6.13. The van der Waals surface area contributed by atoms with Crippen LogP contribution in [0.4, 0.5) is 17.6 Å². The topological polar surface area (TPSA) is 81.7 Å². The molecule has 0 spiro atoms. The molecule has 0 aromatic heterocycles. The van der Waals surface area contributed by atoms with Gasteiger partial charge in [-0.3, -0.25) is 9.59 Å². The molecule has 0 saturated carbocycles. The third-order valence-corrected chi connectivity index (χ3v) is 8.37. The molecule has 4 rings (SSSR count). The molecule has 1 unspecified atom stereocenters. The second-order valence-electron chi connectivity index (χ2n) is 12.4. The van der Waals surface area contributed by atoms with Gasteiger partial charge in [-0.25, -0.2) is 17.6 Å². The third-order valence-electron chi connectivity index (χ3n) is 8.37. The van der Waals surface area contributed by atoms with E-state index in [0.717, 1.165) is 37.1 Å². The van der Waals surface area contributed by atoms with Gasteiger partial charge in [-0.15, -0.1) is 0 Å². The van der Waals surface area contributed by atoms with Crippen molar-refractivity contribution in [3.63, 3.8) is 0 Å². The van der Waals surface area contributed by atoms with Gasteiger partial charge in [0.15, 0.2) is 0 Å². The predicted molar refractivity (Wildman–Crippen MR) is 170 cm³/mol. The van der Waals surface area contributed by atoms with Crippen molar-refractivity contribution >= 4 is 11.8 Å². The maximum absolute atomic E-state index is 14.1. The number of carbonyl (C=O) groups is 2. The molecule has 1 fully saturated rings. The van der Waals surface area contributed by atoms with Gasteiger partial charge in [-0.2, -0.15) is 0 Å². The summed E-state index contributed by atoms with van der Waals surface area (Å²) in [6.07, 6.45) is 1.88. The third kappa shape index (κ3) is 9.62. The number of aliphatic hydroxyl groups excluding tert-OH is 1. The standard InChI is InChI=1S/C36H43F4N3O3/c1-4-8-43(9-5-2)36(46)27-11-22(3)10-26(19-27)35(45)42-33(18-25-15-30(39)21-31(40)16-25)34(44)32-17-23(6-7-41-32)12-24-13-28(37)20-29(38)14-24/h10-11,13-16,19-21,23,32-34,41,44H,4-9,12,17-18H2,1-3H3,(H,42,45)/t23-,32-,33?,34-/m1/s1. The van der Waals surface area contributed by atoms with Crippen molar-refractivity contribution < 1.29 is 32.3 Å². The van der Waals surface area contributed by atoms with E-state index in [1.807, 2.05) is 13.8 Å². The first-order valence-corrected chi connectivity index (χ1v) is 16.0. The summed E-state index contributed by atoms with van der Waals surface area (Å²) in [5.74, 6) is -3.60. The zero-order chi connectivity index (χ0) is 33.4. The molecule has 0 bridgehead atoms. The smallest absolute Gasteiger partial charge is 0.253 e. The van der Waals surface area contributed by atoms with Gasteiger partial charge in [0.1, 0.15) is 23.3 Å². The summed E-state index contributed by atoms with van der Waals surface area (Å²) < 4.78 is 55.9. The number of aryl methyl sites for hydroxylation is 1. The first-order chi connectivity index (χ1) is 21.9. The minimum absolute atomic E-state index is 0.00963. The molecule has 248 valence electrons. The summed E-state index contributed by atoms with van der Waals surface area (Å²) in [5, 5.41) is 17.8. The van der Waals surface area contributed by atoms with Gasteiger partial charge >= 0.3 is 0 Å². The van der Waals surface area contributed by atoms with E-state index in [9.17, 15) is 32.3 Å². The lowest BCUT2D eigenvalue weighted by molar-refractivity contribution is 0.0576. The first kappa shape index (κ1) is 35.1. The molecule has 1 aliphatic heterocycles. The molecular formula is C36H43F4N3O3. The Morgan fingerprint density at radius 1 is 0.870 bits per heavy atom. The molecule has 0 aliphatic carbocycles. The van der Waals surface area contributed by atoms with Crippen LogP contribution in [0.3, 0.4) is 0 Å². The molecule has 3 N–H and O–H groups in total. The highest BCUT2D eigenvalue weighted by atomic mass is 19.1. The van der Waals surface area contributed by atoms with Crippen molar-refractivity contribution in [2.24, 2.45) is 5.92 Å². The van der Waals surface area contributed by atoms with Crippen molar-refractivity contribution in [1.82, 2.24) is 15.5 Å². The number of nitrogens with zero attached hydrogens (tertiary/aromatic N) is 1. The van der Waals surface area contributed by atoms with E-state index in [4.69, 9.17) is 0 Å². The van der Waals surface area contributed by atoms with Gasteiger partial charge in [0.05, 0.1) is 12.1 Å². The number of hydrogen-bond acceptors (Lipinski definition) is 4. The van der Waals surface area contributed by atoms with Crippen molar-refractivity contribution in [3.8, 4) is 0 Å². The molecule has 1 heterocycles. The number of rotatable bonds is 13. The Balaban J connectivity index is 1.57. The number of aliphatic hydroxyl groups is 1. The van der Waals surface area contributed by atoms with E-state index >= 15 is 0 Å². The average Bonchev–Trinajstić information content (AvgIpc) is 2.98. The van der Waals surface area contributed by atoms with Crippen LogP contribution in [0, 0.1) is 36.1 Å². The van der Waals surface area contributed by atoms with Gasteiger partial charge in [0, 0.05) is 42.4 Å². The molecule has 1 aliphatic rings. The summed E-state index contributed by atoms with van der Waals surface area (Å²) in [5.41, 5.74) is 2.07. The Hall–Kier alpha value is -3.76. The van der Waals surface area contributed by atoms with Crippen molar-refractivity contribution in [1.29, 1.82) is 0 Å². The van der Waals surface area contributed by atoms with Gasteiger partial charge < -0.3 is 20.6 Å². The average molecular weight is 642 g/mol. The molecule has 2 amide bonds. The van der Waals surface area contributed by atoms with Crippen molar-refractivity contribution in [2.45, 2.75) is 77.5 Å². The summed E-state index contributed by atoms with van der Waals surface area (Å²) in [7, 11) is 0. The number of benzene rings is 3. The van der Waals surface area contributed by atoms with E-state index in [1.165, 1.54) is 18.2 Å². The summed E-state index contributed by atoms with van der Waals surface area (Å²) in [6.45, 7) is 7.47. The molecule has 0 radical (unpaired) electrons. The largest absolute Gasteiger partial charge is 0.389 e. The van der Waals surface area contributed by atoms with Crippen LogP contribution >= 0.6 is 0 Å². The second kappa shape index (κ2) is 16.2. The van der Waals surface area contributed by atoms with E-state index in [-0.39, 0.29) is 29.4 Å². The van der Waals surface area contributed by atoms with E-state index in [0.29, 0.717) is 55.6 Å². The zero-order valence-electron chi connectivity index (χ0n) is 26.6. The van der Waals surface area contributed by atoms with Crippen molar-refractivity contribution in [2.75, 3.05) is 19.6 Å². The maximum atomic E-state index is 14.1. The molecule has 46 heavy (non-hydrogen) atoms. The van der Waals surface area contributed by atoms with Gasteiger partial charge in [-0.1, -0.05) is 13.8 Å². The number of carbonyl (C=O) groups excluding carboxylic acids is 2. The molecule has 4 atom stereocenters. The van der Waals surface area contributed by atoms with Gasteiger partial charge in [0.2, 0.25) is 0 Å². The van der Waals surface area contributed by atoms with Crippen LogP contribution < -0.4 is 10.6 Å². The Morgan fingerprint density at radius 3 is 2.02 bits per heavy atom. The van der Waals surface area contributed by atoms with Crippen LogP contribution in [-0.2, 0) is 12.8 Å². The zero-order valence-corrected chi connectivity index (χ0v) is 26.6. The second-order valence-corrected chi connectivity index (χ2v) is 12.4. The van der Waals surface area contributed by atoms with Gasteiger partial charge in [0.25, 0.3) is 11.8 Å². The lowest BCUT2D eigenvalue weighted by Gasteiger charge is -2.37. The normalized spacial score (nSPS) is 17.7. The van der Waals surface area contributed by atoms with E-state index < -0.39 is 47.4 Å². The minimum atomic E-state index is -1.18. The monoisotopic (exact) mass is 641 g/mol. The number of amides is 2. The molecule has 10 heteroatoms. The van der Waals surface area contributed by atoms with Crippen LogP contribution in [0.1, 0.15) is 76.9 Å². The Morgan fingerprint density at radius 2 is 1.43 bits per heavy atom. The summed E-state index contributed by atoms with van der Waals surface area (Å²) in [4.78, 5) is 28.8. The molecule has 3 aromatic rings. The van der Waals surface area contributed by atoms with Crippen LogP contribution in [0.5, 0.6) is 0 Å². The van der Waals surface area contributed by atoms with Crippen LogP contribution in [-0.4, -0.2) is 59.6 Å². The number of piperidine rings is 1. The van der Waals surface area contributed by atoms with Crippen LogP contribution in [0.25, 0.3) is 0 Å². The lowest BCUT2D eigenvalue weighted by atomic mass is 9.83. The molecule has 6 nitrogen and oxygen atoms in total. The van der Waals surface area contributed by atoms with Crippen molar-refractivity contribution in [3.05, 3.63) is 106 Å². The Bertz CT molecular complexity index is 1470. The van der Waals surface area contributed by atoms with Crippen LogP contribution in [0.2, 0.25) is 0 Å². The maximum Gasteiger partial charge on any atom is 0.253 e. The fourth-order valence-electron chi connectivity index (χ4n) is 6.39. The molecule has 1 saturated heterocycles. The fraction of sp³-hybridized carbons (Fsp3) is 0.444. The minimum Gasteiger partial charge on any atom is -0.389 e. The summed E-state index contributed by atoms with van der Waals surface area (Å²) >= 11 is 0. The fourth-order valence-corrected chi connectivity index (χ4v) is 6.39. The number of halogens is 4. The Kier molecular flexibility index (Phi) is 12.3. The number of nitrogens with one attached hydrogen (secondary N) is 2. The lowest BCUT2D eigenvalue weighted by Crippen LogP contribution is -2.56. The van der Waals surface area contributed by atoms with E-state index in [2.05, 4.69) is 10.6 Å². The first-order valence-electron chi connectivity index (χ1n) is 16.0. The Labute approximate surface area is 268 Å². The van der Waals surface area contributed by atoms with Gasteiger partial charge in [-0.05, 0) is 117 Å². The molecular weight excluding hydrogens is 598 g/mol. The highest BCUT2D eigenvalue weighted by Gasteiger charge is 2.34. The highest BCUT2D eigenvalue weighted by molar-refractivity contribution is 6.00. The molecule has 3 aromatic carbocycles. The SMILES string of the molecule is CCCN(CCC)C(=O)c1cc(C)cc(C(=O)NC(Cc2cc(F)cc(F)c2)[C@H](O)[C@H]2C[C@@H](Cc3cc(F)cc(F)c3)CCN2)c1. The van der Waals surface area contributed by atoms with Crippen LogP contribution in [0.15, 0.2) is 54.6 Å². The van der Waals surface area contributed by atoms with E-state index in [1.54, 1.807) is 24.0 Å². The highest BCUT2D eigenvalue weighted by Crippen LogP contribution is 2.26. The summed E-state index contributed by atoms with van der Waals surface area (Å²) in [6, 6.07) is 9.90.